The third kappa shape index (κ3) is 5.06. The van der Waals surface area contributed by atoms with E-state index in [0.717, 1.165) is 12.0 Å². The van der Waals surface area contributed by atoms with Gasteiger partial charge in [0.15, 0.2) is 0 Å². The van der Waals surface area contributed by atoms with Gasteiger partial charge in [-0.15, -0.1) is 0 Å². The molecule has 0 bridgehead atoms. The van der Waals surface area contributed by atoms with Crippen molar-refractivity contribution in [3.8, 4) is 17.3 Å². The van der Waals surface area contributed by atoms with Crippen molar-refractivity contribution in [2.75, 3.05) is 17.6 Å². The van der Waals surface area contributed by atoms with Gasteiger partial charge in [0.1, 0.15) is 28.1 Å². The molecule has 6 nitrogen and oxygen atoms in total. The molecule has 2 rings (SSSR count). The van der Waals surface area contributed by atoms with E-state index >= 15 is 0 Å². The van der Waals surface area contributed by atoms with Gasteiger partial charge in [-0.2, -0.15) is 9.64 Å². The molecule has 25 heavy (non-hydrogen) atoms. The Hall–Kier alpha value is -2.85. The fourth-order valence-corrected chi connectivity index (χ4v) is 2.98. The second kappa shape index (κ2) is 8.85. The van der Waals surface area contributed by atoms with Gasteiger partial charge >= 0.3 is 0 Å². The average Bonchev–Trinajstić information content (AvgIpc) is 3.01. The van der Waals surface area contributed by atoms with Crippen LogP contribution in [-0.2, 0) is 4.79 Å². The van der Waals surface area contributed by atoms with Crippen molar-refractivity contribution in [1.29, 1.82) is 5.26 Å². The first-order valence-electron chi connectivity index (χ1n) is 8.02. The van der Waals surface area contributed by atoms with Gasteiger partial charge in [-0.25, -0.2) is 0 Å². The first-order valence-corrected chi connectivity index (χ1v) is 8.79. The molecule has 0 unspecified atom stereocenters. The summed E-state index contributed by atoms with van der Waals surface area (Å²) in [6.45, 7) is 6.41. The number of ketones is 1. The zero-order valence-electron chi connectivity index (χ0n) is 14.1. The highest BCUT2D eigenvalue weighted by atomic mass is 32.1. The SMILES string of the molecule is C=C(NCCCC(=O)CC)Nc1snc(-c2ccc(N)cc2)c1C#N. The highest BCUT2D eigenvalue weighted by Crippen LogP contribution is 2.32. The molecule has 0 amide bonds. The Kier molecular flexibility index (Phi) is 6.54. The summed E-state index contributed by atoms with van der Waals surface area (Å²) in [7, 11) is 0. The Morgan fingerprint density at radius 2 is 2.12 bits per heavy atom. The summed E-state index contributed by atoms with van der Waals surface area (Å²) in [5, 5.41) is 16.3. The fraction of sp³-hybridized carbons (Fsp3) is 0.278. The van der Waals surface area contributed by atoms with E-state index in [4.69, 9.17) is 5.73 Å². The van der Waals surface area contributed by atoms with Crippen molar-refractivity contribution < 1.29 is 4.79 Å². The van der Waals surface area contributed by atoms with Crippen LogP contribution in [0.1, 0.15) is 31.7 Å². The van der Waals surface area contributed by atoms with Crippen LogP contribution in [0.2, 0.25) is 0 Å². The minimum absolute atomic E-state index is 0.253. The molecule has 1 aromatic carbocycles. The Balaban J connectivity index is 1.98. The predicted octanol–water partition coefficient (Wildman–Crippen LogP) is 3.50. The molecular formula is C18H21N5OS. The number of nitrogen functional groups attached to an aromatic ring is 1. The van der Waals surface area contributed by atoms with E-state index in [9.17, 15) is 10.1 Å². The van der Waals surface area contributed by atoms with Crippen LogP contribution >= 0.6 is 11.5 Å². The number of carbonyl (C=O) groups is 1. The lowest BCUT2D eigenvalue weighted by molar-refractivity contribution is -0.118. The topological polar surface area (TPSA) is 104 Å². The van der Waals surface area contributed by atoms with E-state index in [1.807, 2.05) is 19.1 Å². The first-order chi connectivity index (χ1) is 12.0. The van der Waals surface area contributed by atoms with Crippen molar-refractivity contribution >= 4 is 28.0 Å². The Morgan fingerprint density at radius 3 is 2.76 bits per heavy atom. The van der Waals surface area contributed by atoms with Crippen LogP contribution in [0.4, 0.5) is 10.7 Å². The number of anilines is 2. The standard InChI is InChI=1S/C18H21N5OS/c1-3-15(24)5-4-10-21-12(2)22-18-16(11-19)17(23-25-18)13-6-8-14(20)9-7-13/h6-9,21-22H,2-5,10,20H2,1H3. The van der Waals surface area contributed by atoms with Crippen LogP contribution in [0, 0.1) is 11.3 Å². The third-order valence-electron chi connectivity index (χ3n) is 3.62. The number of hydrogen-bond donors (Lipinski definition) is 3. The minimum Gasteiger partial charge on any atom is -0.399 e. The molecular weight excluding hydrogens is 334 g/mol. The second-order valence-electron chi connectivity index (χ2n) is 5.50. The smallest absolute Gasteiger partial charge is 0.133 e. The van der Waals surface area contributed by atoms with E-state index in [0.29, 0.717) is 47.2 Å². The molecule has 2 aromatic rings. The first kappa shape index (κ1) is 18.5. The number of aromatic nitrogens is 1. The Bertz CT molecular complexity index is 789. The number of rotatable bonds is 9. The number of hydrogen-bond acceptors (Lipinski definition) is 7. The van der Waals surface area contributed by atoms with Gasteiger partial charge < -0.3 is 16.4 Å². The van der Waals surface area contributed by atoms with Crippen LogP contribution in [0.5, 0.6) is 0 Å². The van der Waals surface area contributed by atoms with Crippen molar-refractivity contribution in [2.24, 2.45) is 0 Å². The molecule has 0 radical (unpaired) electrons. The summed E-state index contributed by atoms with van der Waals surface area (Å²) in [5.74, 6) is 0.829. The molecule has 7 heteroatoms. The molecule has 1 heterocycles. The average molecular weight is 355 g/mol. The summed E-state index contributed by atoms with van der Waals surface area (Å²) >= 11 is 1.21. The molecule has 0 aliphatic rings. The minimum atomic E-state index is 0.253. The molecule has 0 fully saturated rings. The van der Waals surface area contributed by atoms with E-state index in [1.165, 1.54) is 11.5 Å². The number of benzene rings is 1. The maximum absolute atomic E-state index is 11.3. The monoisotopic (exact) mass is 355 g/mol. The number of carbonyl (C=O) groups excluding carboxylic acids is 1. The number of nitrogens with two attached hydrogens (primary N) is 1. The number of nitriles is 1. The largest absolute Gasteiger partial charge is 0.399 e. The van der Waals surface area contributed by atoms with Gasteiger partial charge in [-0.05, 0) is 30.1 Å². The normalized spacial score (nSPS) is 10.1. The molecule has 130 valence electrons. The molecule has 0 aliphatic heterocycles. The second-order valence-corrected chi connectivity index (χ2v) is 6.27. The van der Waals surface area contributed by atoms with Crippen LogP contribution in [0.25, 0.3) is 11.3 Å². The number of Topliss-reactive ketones (excluding diaryl/α,β-unsaturated/α-hetero) is 1. The lowest BCUT2D eigenvalue weighted by atomic mass is 10.1. The molecule has 0 atom stereocenters. The Labute approximate surface area is 151 Å². The van der Waals surface area contributed by atoms with E-state index in [1.54, 1.807) is 12.1 Å². The highest BCUT2D eigenvalue weighted by Gasteiger charge is 2.15. The zero-order chi connectivity index (χ0) is 18.2. The van der Waals surface area contributed by atoms with Crippen LogP contribution < -0.4 is 16.4 Å². The van der Waals surface area contributed by atoms with Crippen LogP contribution in [0.15, 0.2) is 36.7 Å². The van der Waals surface area contributed by atoms with Crippen LogP contribution in [0.3, 0.4) is 0 Å². The van der Waals surface area contributed by atoms with Crippen molar-refractivity contribution in [2.45, 2.75) is 26.2 Å². The predicted molar refractivity (Wildman–Crippen MR) is 102 cm³/mol. The Morgan fingerprint density at radius 1 is 1.40 bits per heavy atom. The van der Waals surface area contributed by atoms with E-state index in [2.05, 4.69) is 27.7 Å². The lowest BCUT2D eigenvalue weighted by Gasteiger charge is -2.10. The summed E-state index contributed by atoms with van der Waals surface area (Å²) in [5.41, 5.74) is 8.29. The summed E-state index contributed by atoms with van der Waals surface area (Å²) in [6, 6.07) is 9.43. The molecule has 0 aliphatic carbocycles. The zero-order valence-corrected chi connectivity index (χ0v) is 14.9. The van der Waals surface area contributed by atoms with Gasteiger partial charge in [0, 0.05) is 30.6 Å². The van der Waals surface area contributed by atoms with Gasteiger partial charge in [0.2, 0.25) is 0 Å². The summed E-state index contributed by atoms with van der Waals surface area (Å²) in [4.78, 5) is 11.3. The highest BCUT2D eigenvalue weighted by molar-refractivity contribution is 7.10. The van der Waals surface area contributed by atoms with E-state index < -0.39 is 0 Å². The summed E-state index contributed by atoms with van der Waals surface area (Å²) in [6.07, 6.45) is 1.87. The molecule has 0 spiro atoms. The van der Waals surface area contributed by atoms with Gasteiger partial charge in [-0.3, -0.25) is 4.79 Å². The lowest BCUT2D eigenvalue weighted by Crippen LogP contribution is -2.20. The fourth-order valence-electron chi connectivity index (χ4n) is 2.20. The quantitative estimate of drug-likeness (QED) is 0.470. The molecule has 0 saturated heterocycles. The van der Waals surface area contributed by atoms with Crippen LogP contribution in [-0.4, -0.2) is 16.7 Å². The van der Waals surface area contributed by atoms with E-state index in [-0.39, 0.29) is 5.78 Å². The molecule has 0 saturated carbocycles. The molecule has 4 N–H and O–H groups in total. The summed E-state index contributed by atoms with van der Waals surface area (Å²) < 4.78 is 4.37. The maximum atomic E-state index is 11.3. The van der Waals surface area contributed by atoms with Crippen molar-refractivity contribution in [1.82, 2.24) is 9.69 Å². The van der Waals surface area contributed by atoms with Crippen molar-refractivity contribution in [3.63, 3.8) is 0 Å². The van der Waals surface area contributed by atoms with Gasteiger partial charge in [0.25, 0.3) is 0 Å². The van der Waals surface area contributed by atoms with Crippen molar-refractivity contribution in [3.05, 3.63) is 42.2 Å². The number of nitrogens with one attached hydrogen (secondary N) is 2. The maximum Gasteiger partial charge on any atom is 0.133 e. The van der Waals surface area contributed by atoms with Gasteiger partial charge in [0.05, 0.1) is 5.82 Å². The number of nitrogens with zero attached hydrogens (tertiary/aromatic N) is 2. The third-order valence-corrected chi connectivity index (χ3v) is 4.38. The molecule has 1 aromatic heterocycles. The van der Waals surface area contributed by atoms with Gasteiger partial charge in [-0.1, -0.05) is 25.6 Å².